The Hall–Kier alpha value is -8.40. The third-order valence-corrected chi connectivity index (χ3v) is 13.0. The van der Waals surface area contributed by atoms with Crippen LogP contribution in [-0.4, -0.2) is 14.1 Å². The van der Waals surface area contributed by atoms with E-state index in [1.54, 1.807) is 0 Å². The van der Waals surface area contributed by atoms with Crippen molar-refractivity contribution in [1.82, 2.24) is 14.1 Å². The number of nitrogens with one attached hydrogen (secondary N) is 1. The number of H-pyrrole nitrogens is 1. The molecule has 294 valence electrons. The number of para-hydroxylation sites is 2. The summed E-state index contributed by atoms with van der Waals surface area (Å²) in [4.78, 5) is 3.71. The summed E-state index contributed by atoms with van der Waals surface area (Å²) in [6.45, 7) is 0. The fraction of sp³-hybridized carbons (Fsp3) is 0. The van der Waals surface area contributed by atoms with Gasteiger partial charge in [0.25, 0.3) is 0 Å². The summed E-state index contributed by atoms with van der Waals surface area (Å²) in [6.07, 6.45) is 0. The molecule has 63 heavy (non-hydrogen) atoms. The minimum Gasteiger partial charge on any atom is -0.355 e. The summed E-state index contributed by atoms with van der Waals surface area (Å²) >= 11 is 0. The highest BCUT2D eigenvalue weighted by atomic mass is 15.0. The van der Waals surface area contributed by atoms with E-state index < -0.39 is 0 Å². The normalized spacial score (nSPS) is 11.8. The van der Waals surface area contributed by atoms with Crippen LogP contribution in [-0.2, 0) is 0 Å². The van der Waals surface area contributed by atoms with Crippen molar-refractivity contribution in [2.75, 3.05) is 0 Å². The smallest absolute Gasteiger partial charge is 0.0541 e. The second-order valence-corrected chi connectivity index (χ2v) is 16.6. The summed E-state index contributed by atoms with van der Waals surface area (Å²) in [5.41, 5.74) is 19.0. The SMILES string of the molecule is c1ccc(-c2cccc(-n3c4ccccc4c4cc(-c5ccc6[nH]c7ccc(-c8ccc9c(c8)c8ccccc8n9-c8cccc(-c9ccccc9)c8)cc7c6c5)ccc43)c2)cc1. The van der Waals surface area contributed by atoms with Gasteiger partial charge in [-0.2, -0.15) is 0 Å². The Balaban J connectivity index is 0.900. The van der Waals surface area contributed by atoms with Crippen LogP contribution in [0.5, 0.6) is 0 Å². The van der Waals surface area contributed by atoms with E-state index in [0.717, 1.165) is 22.4 Å². The number of rotatable bonds is 6. The number of benzene rings is 10. The number of fused-ring (bicyclic) bond motifs is 9. The molecular formula is C60H39N3. The second kappa shape index (κ2) is 14.1. The molecule has 0 fully saturated rings. The maximum atomic E-state index is 3.71. The number of aromatic amines is 1. The summed E-state index contributed by atoms with van der Waals surface area (Å²) in [5.74, 6) is 0. The molecule has 0 spiro atoms. The molecule has 13 rings (SSSR count). The largest absolute Gasteiger partial charge is 0.355 e. The van der Waals surface area contributed by atoms with Gasteiger partial charge < -0.3 is 14.1 Å². The Morgan fingerprint density at radius 3 is 1.03 bits per heavy atom. The van der Waals surface area contributed by atoms with E-state index in [1.807, 2.05) is 0 Å². The van der Waals surface area contributed by atoms with Crippen molar-refractivity contribution in [3.05, 3.63) is 231 Å². The molecule has 3 aromatic heterocycles. The molecule has 0 atom stereocenters. The summed E-state index contributed by atoms with van der Waals surface area (Å²) in [6, 6.07) is 84.2. The average Bonchev–Trinajstić information content (AvgIpc) is 4.01. The standard InChI is InChI=1S/C60H39N3/c1-3-13-39(14-4-1)41-17-11-19-47(33-41)62-57-23-9-7-21-49(57)53-37-45(27-31-59(53)62)43-25-29-55-51(35-43)52-36-44(26-30-56(52)61-55)46-28-32-60-54(38-46)50-22-8-10-24-58(50)63(60)48-20-12-18-42(34-48)40-15-5-2-6-16-40/h1-38,61H. The van der Waals surface area contributed by atoms with Crippen molar-refractivity contribution >= 4 is 65.4 Å². The van der Waals surface area contributed by atoms with E-state index in [9.17, 15) is 0 Å². The van der Waals surface area contributed by atoms with Crippen molar-refractivity contribution in [1.29, 1.82) is 0 Å². The van der Waals surface area contributed by atoms with Crippen molar-refractivity contribution < 1.29 is 0 Å². The first kappa shape index (κ1) is 35.4. The van der Waals surface area contributed by atoms with Crippen LogP contribution in [0.4, 0.5) is 0 Å². The molecule has 0 radical (unpaired) electrons. The van der Waals surface area contributed by atoms with Gasteiger partial charge in [-0.3, -0.25) is 0 Å². The second-order valence-electron chi connectivity index (χ2n) is 16.6. The topological polar surface area (TPSA) is 25.6 Å². The van der Waals surface area contributed by atoms with E-state index in [2.05, 4.69) is 245 Å². The van der Waals surface area contributed by atoms with E-state index in [4.69, 9.17) is 0 Å². The van der Waals surface area contributed by atoms with Gasteiger partial charge in [-0.25, -0.2) is 0 Å². The van der Waals surface area contributed by atoms with Crippen LogP contribution >= 0.6 is 0 Å². The van der Waals surface area contributed by atoms with Crippen LogP contribution in [0.3, 0.4) is 0 Å². The van der Waals surface area contributed by atoms with Gasteiger partial charge in [-0.15, -0.1) is 0 Å². The summed E-state index contributed by atoms with van der Waals surface area (Å²) in [7, 11) is 0. The predicted molar refractivity (Wildman–Crippen MR) is 266 cm³/mol. The molecule has 0 bridgehead atoms. The molecule has 0 unspecified atom stereocenters. The molecule has 3 heterocycles. The zero-order valence-electron chi connectivity index (χ0n) is 34.3. The average molecular weight is 802 g/mol. The van der Waals surface area contributed by atoms with Gasteiger partial charge in [-0.1, -0.05) is 146 Å². The number of nitrogens with zero attached hydrogens (tertiary/aromatic N) is 2. The highest BCUT2D eigenvalue weighted by Crippen LogP contribution is 2.40. The fourth-order valence-electron chi connectivity index (χ4n) is 10.0. The first-order valence-electron chi connectivity index (χ1n) is 21.7. The van der Waals surface area contributed by atoms with Crippen LogP contribution in [0.1, 0.15) is 0 Å². The molecule has 3 nitrogen and oxygen atoms in total. The maximum absolute atomic E-state index is 3.71. The molecule has 0 aliphatic carbocycles. The van der Waals surface area contributed by atoms with Gasteiger partial charge in [0.1, 0.15) is 0 Å². The lowest BCUT2D eigenvalue weighted by Crippen LogP contribution is -1.94. The minimum atomic E-state index is 1.14. The van der Waals surface area contributed by atoms with Crippen molar-refractivity contribution in [2.45, 2.75) is 0 Å². The number of hydrogen-bond donors (Lipinski definition) is 1. The lowest BCUT2D eigenvalue weighted by Gasteiger charge is -2.11. The molecule has 10 aromatic carbocycles. The minimum absolute atomic E-state index is 1.14. The van der Waals surface area contributed by atoms with Crippen molar-refractivity contribution in [3.63, 3.8) is 0 Å². The first-order valence-corrected chi connectivity index (χ1v) is 21.7. The number of hydrogen-bond acceptors (Lipinski definition) is 0. The van der Waals surface area contributed by atoms with Crippen LogP contribution in [0.2, 0.25) is 0 Å². The summed E-state index contributed by atoms with van der Waals surface area (Å²) in [5, 5.41) is 7.43. The zero-order valence-corrected chi connectivity index (χ0v) is 34.3. The Morgan fingerprint density at radius 1 is 0.222 bits per heavy atom. The van der Waals surface area contributed by atoms with Gasteiger partial charge in [0.05, 0.1) is 22.1 Å². The van der Waals surface area contributed by atoms with Crippen molar-refractivity contribution in [3.8, 4) is 55.9 Å². The predicted octanol–water partition coefficient (Wildman–Crippen LogP) is 16.2. The quantitative estimate of drug-likeness (QED) is 0.173. The van der Waals surface area contributed by atoms with Gasteiger partial charge in [0.2, 0.25) is 0 Å². The molecule has 13 aromatic rings. The third kappa shape index (κ3) is 5.75. The Morgan fingerprint density at radius 2 is 0.571 bits per heavy atom. The van der Waals surface area contributed by atoms with E-state index in [-0.39, 0.29) is 0 Å². The monoisotopic (exact) mass is 801 g/mol. The summed E-state index contributed by atoms with van der Waals surface area (Å²) < 4.78 is 4.81. The maximum Gasteiger partial charge on any atom is 0.0541 e. The highest BCUT2D eigenvalue weighted by Gasteiger charge is 2.17. The van der Waals surface area contributed by atoms with Gasteiger partial charge >= 0.3 is 0 Å². The molecule has 0 saturated heterocycles. The molecule has 0 amide bonds. The molecule has 1 N–H and O–H groups in total. The Labute approximate surface area is 364 Å². The molecule has 0 saturated carbocycles. The molecule has 3 heteroatoms. The Kier molecular flexibility index (Phi) is 7.91. The van der Waals surface area contributed by atoms with Crippen LogP contribution < -0.4 is 0 Å². The van der Waals surface area contributed by atoms with Crippen molar-refractivity contribution in [2.24, 2.45) is 0 Å². The van der Waals surface area contributed by atoms with Gasteiger partial charge in [0.15, 0.2) is 0 Å². The highest BCUT2D eigenvalue weighted by molar-refractivity contribution is 6.14. The molecular weight excluding hydrogens is 763 g/mol. The van der Waals surface area contributed by atoms with Gasteiger partial charge in [0, 0.05) is 54.7 Å². The van der Waals surface area contributed by atoms with Crippen LogP contribution in [0.15, 0.2) is 231 Å². The lowest BCUT2D eigenvalue weighted by molar-refractivity contribution is 1.18. The zero-order chi connectivity index (χ0) is 41.4. The number of aromatic nitrogens is 3. The van der Waals surface area contributed by atoms with E-state index in [0.29, 0.717) is 0 Å². The van der Waals surface area contributed by atoms with Crippen LogP contribution in [0, 0.1) is 0 Å². The van der Waals surface area contributed by atoms with E-state index in [1.165, 1.54) is 98.9 Å². The first-order chi connectivity index (χ1) is 31.2. The van der Waals surface area contributed by atoms with Gasteiger partial charge in [-0.05, 0) is 129 Å². The van der Waals surface area contributed by atoms with E-state index >= 15 is 0 Å². The lowest BCUT2D eigenvalue weighted by atomic mass is 9.98. The molecule has 0 aliphatic heterocycles. The molecule has 0 aliphatic rings. The van der Waals surface area contributed by atoms with Crippen LogP contribution in [0.25, 0.3) is 121 Å². The fourth-order valence-corrected chi connectivity index (χ4v) is 10.0. The third-order valence-electron chi connectivity index (χ3n) is 13.0. The Bertz CT molecular complexity index is 3650.